The monoisotopic (exact) mass is 275 g/mol. The maximum Gasteiger partial charge on any atom is 0.274 e. The molecule has 0 aromatic heterocycles. The largest absolute Gasteiger partial charge is 0.398 e. The van der Waals surface area contributed by atoms with Gasteiger partial charge in [0.15, 0.2) is 0 Å². The summed E-state index contributed by atoms with van der Waals surface area (Å²) in [4.78, 5) is 21.8. The van der Waals surface area contributed by atoms with Gasteiger partial charge in [0, 0.05) is 11.8 Å². The summed E-state index contributed by atoms with van der Waals surface area (Å²) in [7, 11) is 0. The van der Waals surface area contributed by atoms with Crippen LogP contribution in [0.4, 0.5) is 21.5 Å². The minimum absolute atomic E-state index is 0.00930. The summed E-state index contributed by atoms with van der Waals surface area (Å²) in [5.74, 6) is -1.38. The number of hydrogen-bond acceptors (Lipinski definition) is 4. The molecule has 2 aromatic rings. The number of benzene rings is 2. The fourth-order valence-corrected chi connectivity index (χ4v) is 1.65. The molecule has 2 aromatic carbocycles. The van der Waals surface area contributed by atoms with Crippen LogP contribution in [0.3, 0.4) is 0 Å². The number of nitrogen functional groups attached to an aromatic ring is 1. The van der Waals surface area contributed by atoms with E-state index in [1.165, 1.54) is 6.07 Å². The molecule has 20 heavy (non-hydrogen) atoms. The van der Waals surface area contributed by atoms with Crippen LogP contribution in [0, 0.1) is 15.9 Å². The van der Waals surface area contributed by atoms with E-state index < -0.39 is 22.3 Å². The number of amides is 1. The number of anilines is 2. The molecule has 3 N–H and O–H groups in total. The molecule has 0 atom stereocenters. The molecule has 0 aliphatic carbocycles. The summed E-state index contributed by atoms with van der Waals surface area (Å²) < 4.78 is 13.2. The Morgan fingerprint density at radius 2 is 1.95 bits per heavy atom. The maximum atomic E-state index is 13.2. The van der Waals surface area contributed by atoms with Crippen LogP contribution in [0.5, 0.6) is 0 Å². The van der Waals surface area contributed by atoms with E-state index in [2.05, 4.69) is 5.32 Å². The summed E-state index contributed by atoms with van der Waals surface area (Å²) in [6, 6.07) is 9.16. The third-order valence-electron chi connectivity index (χ3n) is 2.56. The molecule has 0 aliphatic heterocycles. The second kappa shape index (κ2) is 5.35. The quantitative estimate of drug-likeness (QED) is 0.511. The normalized spacial score (nSPS) is 10.1. The zero-order valence-electron chi connectivity index (χ0n) is 10.2. The van der Waals surface area contributed by atoms with Crippen LogP contribution in [0.25, 0.3) is 0 Å². The summed E-state index contributed by atoms with van der Waals surface area (Å²) in [5.41, 5.74) is 5.66. The number of carbonyl (C=O) groups excluding carboxylic acids is 1. The van der Waals surface area contributed by atoms with E-state index in [4.69, 9.17) is 5.73 Å². The number of para-hydroxylation sites is 1. The predicted molar refractivity (Wildman–Crippen MR) is 71.9 cm³/mol. The topological polar surface area (TPSA) is 98.3 Å². The molecule has 2 rings (SSSR count). The van der Waals surface area contributed by atoms with Crippen molar-refractivity contribution in [2.75, 3.05) is 11.1 Å². The third-order valence-corrected chi connectivity index (χ3v) is 2.56. The lowest BCUT2D eigenvalue weighted by atomic mass is 10.1. The molecule has 0 unspecified atom stereocenters. The molecule has 6 nitrogen and oxygen atoms in total. The summed E-state index contributed by atoms with van der Waals surface area (Å²) in [6.45, 7) is 0. The van der Waals surface area contributed by atoms with Crippen LogP contribution in [0.1, 0.15) is 10.4 Å². The summed E-state index contributed by atoms with van der Waals surface area (Å²) >= 11 is 0. The standard InChI is InChI=1S/C13H10FN3O3/c14-8-5-9(7-10(6-8)17(19)20)16-13(18)11-3-1-2-4-12(11)15/h1-7H,15H2,(H,16,18). The Balaban J connectivity index is 2.28. The number of nitrogens with one attached hydrogen (secondary N) is 1. The highest BCUT2D eigenvalue weighted by molar-refractivity contribution is 6.07. The van der Waals surface area contributed by atoms with Gasteiger partial charge in [-0.05, 0) is 18.2 Å². The molecule has 1 amide bonds. The van der Waals surface area contributed by atoms with Gasteiger partial charge in [-0.3, -0.25) is 14.9 Å². The SMILES string of the molecule is Nc1ccccc1C(=O)Nc1cc(F)cc([N+](=O)[O-])c1. The van der Waals surface area contributed by atoms with Gasteiger partial charge >= 0.3 is 0 Å². The molecule has 0 aliphatic rings. The fourth-order valence-electron chi connectivity index (χ4n) is 1.65. The molecule has 0 spiro atoms. The fraction of sp³-hybridized carbons (Fsp3) is 0. The zero-order chi connectivity index (χ0) is 14.7. The van der Waals surface area contributed by atoms with E-state index in [9.17, 15) is 19.3 Å². The second-order valence-corrected chi connectivity index (χ2v) is 4.00. The van der Waals surface area contributed by atoms with E-state index in [1.807, 2.05) is 0 Å². The van der Waals surface area contributed by atoms with E-state index in [-0.39, 0.29) is 16.9 Å². The Morgan fingerprint density at radius 3 is 2.60 bits per heavy atom. The Morgan fingerprint density at radius 1 is 1.25 bits per heavy atom. The first-order valence-corrected chi connectivity index (χ1v) is 5.58. The lowest BCUT2D eigenvalue weighted by molar-refractivity contribution is -0.385. The first-order chi connectivity index (χ1) is 9.47. The number of carbonyl (C=O) groups is 1. The first-order valence-electron chi connectivity index (χ1n) is 5.58. The van der Waals surface area contributed by atoms with E-state index in [0.29, 0.717) is 0 Å². The third kappa shape index (κ3) is 2.89. The number of halogens is 1. The molecule has 0 saturated heterocycles. The lowest BCUT2D eigenvalue weighted by Gasteiger charge is -2.07. The van der Waals surface area contributed by atoms with Crippen molar-refractivity contribution in [1.82, 2.24) is 0 Å². The van der Waals surface area contributed by atoms with Gasteiger partial charge in [-0.25, -0.2) is 4.39 Å². The lowest BCUT2D eigenvalue weighted by Crippen LogP contribution is -2.14. The van der Waals surface area contributed by atoms with Gasteiger partial charge in [0.1, 0.15) is 5.82 Å². The minimum Gasteiger partial charge on any atom is -0.398 e. The average Bonchev–Trinajstić information content (AvgIpc) is 2.38. The Hall–Kier alpha value is -2.96. The molecule has 0 saturated carbocycles. The minimum atomic E-state index is -0.810. The van der Waals surface area contributed by atoms with Crippen molar-refractivity contribution >= 4 is 23.0 Å². The Kier molecular flexibility index (Phi) is 3.60. The highest BCUT2D eigenvalue weighted by atomic mass is 19.1. The Bertz CT molecular complexity index is 688. The molecule has 0 bridgehead atoms. The number of rotatable bonds is 3. The van der Waals surface area contributed by atoms with Gasteiger partial charge in [-0.2, -0.15) is 0 Å². The average molecular weight is 275 g/mol. The number of hydrogen-bond donors (Lipinski definition) is 2. The summed E-state index contributed by atoms with van der Waals surface area (Å²) in [5, 5.41) is 13.0. The number of nitro groups is 1. The molecular weight excluding hydrogens is 265 g/mol. The van der Waals surface area contributed by atoms with Gasteiger partial charge in [-0.1, -0.05) is 12.1 Å². The van der Waals surface area contributed by atoms with Crippen molar-refractivity contribution in [1.29, 1.82) is 0 Å². The van der Waals surface area contributed by atoms with Gasteiger partial charge in [0.25, 0.3) is 11.6 Å². The molecule has 0 radical (unpaired) electrons. The van der Waals surface area contributed by atoms with Gasteiger partial charge in [-0.15, -0.1) is 0 Å². The van der Waals surface area contributed by atoms with Crippen LogP contribution >= 0.6 is 0 Å². The van der Waals surface area contributed by atoms with Crippen LogP contribution in [-0.2, 0) is 0 Å². The van der Waals surface area contributed by atoms with Crippen LogP contribution in [0.2, 0.25) is 0 Å². The second-order valence-electron chi connectivity index (χ2n) is 4.00. The van der Waals surface area contributed by atoms with E-state index >= 15 is 0 Å². The van der Waals surface area contributed by atoms with Crippen molar-refractivity contribution < 1.29 is 14.1 Å². The molecule has 102 valence electrons. The Labute approximate surface area is 113 Å². The van der Waals surface area contributed by atoms with Gasteiger partial charge in [0.2, 0.25) is 0 Å². The molecule has 7 heteroatoms. The zero-order valence-corrected chi connectivity index (χ0v) is 10.2. The maximum absolute atomic E-state index is 13.2. The van der Waals surface area contributed by atoms with Crippen molar-refractivity contribution in [3.8, 4) is 0 Å². The number of nitrogens with two attached hydrogens (primary N) is 1. The van der Waals surface area contributed by atoms with Crippen molar-refractivity contribution in [3.05, 3.63) is 64.0 Å². The van der Waals surface area contributed by atoms with E-state index in [0.717, 1.165) is 18.2 Å². The molecular formula is C13H10FN3O3. The molecule has 0 fully saturated rings. The summed E-state index contributed by atoms with van der Waals surface area (Å²) in [6.07, 6.45) is 0. The molecule has 0 heterocycles. The number of non-ortho nitro benzene ring substituents is 1. The number of nitrogens with zero attached hydrogens (tertiary/aromatic N) is 1. The highest BCUT2D eigenvalue weighted by Gasteiger charge is 2.13. The van der Waals surface area contributed by atoms with Crippen LogP contribution in [0.15, 0.2) is 42.5 Å². The predicted octanol–water partition coefficient (Wildman–Crippen LogP) is 2.57. The van der Waals surface area contributed by atoms with Crippen molar-refractivity contribution in [3.63, 3.8) is 0 Å². The number of nitro benzene ring substituents is 1. The van der Waals surface area contributed by atoms with E-state index in [1.54, 1.807) is 18.2 Å². The van der Waals surface area contributed by atoms with Gasteiger partial charge in [0.05, 0.1) is 22.2 Å². The highest BCUT2D eigenvalue weighted by Crippen LogP contribution is 2.21. The van der Waals surface area contributed by atoms with Crippen molar-refractivity contribution in [2.24, 2.45) is 0 Å². The van der Waals surface area contributed by atoms with Crippen molar-refractivity contribution in [2.45, 2.75) is 0 Å². The van der Waals surface area contributed by atoms with Crippen LogP contribution < -0.4 is 11.1 Å². The first kappa shape index (κ1) is 13.5. The smallest absolute Gasteiger partial charge is 0.274 e. The van der Waals surface area contributed by atoms with Crippen LogP contribution in [-0.4, -0.2) is 10.8 Å². The van der Waals surface area contributed by atoms with Gasteiger partial charge < -0.3 is 11.1 Å².